The summed E-state index contributed by atoms with van der Waals surface area (Å²) in [6.07, 6.45) is -0.285. The zero-order chi connectivity index (χ0) is 21.7. The molecular formula is C22H25Cl2N3O2S. The number of benzene rings is 2. The van der Waals surface area contributed by atoms with Gasteiger partial charge in [-0.2, -0.15) is 0 Å². The smallest absolute Gasteiger partial charge is 0.191 e. The summed E-state index contributed by atoms with van der Waals surface area (Å²) in [7, 11) is 1.63. The van der Waals surface area contributed by atoms with E-state index in [9.17, 15) is 0 Å². The Morgan fingerprint density at radius 1 is 1.00 bits per heavy atom. The molecule has 1 aromatic heterocycles. The van der Waals surface area contributed by atoms with Gasteiger partial charge in [0.15, 0.2) is 28.6 Å². The molecule has 0 spiro atoms. The van der Waals surface area contributed by atoms with E-state index < -0.39 is 0 Å². The van der Waals surface area contributed by atoms with Crippen molar-refractivity contribution in [2.24, 2.45) is 5.92 Å². The van der Waals surface area contributed by atoms with Crippen molar-refractivity contribution in [2.75, 3.05) is 7.11 Å². The number of hydrogen-bond acceptors (Lipinski definition) is 5. The highest BCUT2D eigenvalue weighted by Crippen LogP contribution is 2.32. The molecule has 1 unspecified atom stereocenters. The van der Waals surface area contributed by atoms with Gasteiger partial charge in [0, 0.05) is 12.3 Å². The molecular weight excluding hydrogens is 441 g/mol. The number of rotatable bonds is 9. The van der Waals surface area contributed by atoms with Crippen molar-refractivity contribution in [3.05, 3.63) is 63.9 Å². The van der Waals surface area contributed by atoms with Crippen LogP contribution in [0.25, 0.3) is 0 Å². The maximum absolute atomic E-state index is 6.16. The van der Waals surface area contributed by atoms with E-state index in [-0.39, 0.29) is 6.10 Å². The molecule has 0 radical (unpaired) electrons. The fraction of sp³-hybridized carbons (Fsp3) is 0.364. The van der Waals surface area contributed by atoms with E-state index >= 15 is 0 Å². The summed E-state index contributed by atoms with van der Waals surface area (Å²) in [5, 5.41) is 10.8. The SMILES string of the molecule is COc1ccccc1OC(C)c1nnc(SCc2ccc(Cl)c(Cl)c2)n1CC(C)C. The van der Waals surface area contributed by atoms with Crippen molar-refractivity contribution < 1.29 is 9.47 Å². The van der Waals surface area contributed by atoms with Crippen LogP contribution in [0.5, 0.6) is 11.5 Å². The number of halogens is 2. The van der Waals surface area contributed by atoms with E-state index in [1.165, 1.54) is 0 Å². The van der Waals surface area contributed by atoms with Crippen molar-refractivity contribution >= 4 is 35.0 Å². The van der Waals surface area contributed by atoms with Gasteiger partial charge in [0.25, 0.3) is 0 Å². The van der Waals surface area contributed by atoms with E-state index in [0.717, 1.165) is 28.8 Å². The predicted octanol–water partition coefficient (Wildman–Crippen LogP) is 6.68. The van der Waals surface area contributed by atoms with Gasteiger partial charge >= 0.3 is 0 Å². The molecule has 160 valence electrons. The lowest BCUT2D eigenvalue weighted by atomic mass is 10.2. The molecule has 0 fully saturated rings. The molecule has 3 rings (SSSR count). The molecule has 0 bridgehead atoms. The Morgan fingerprint density at radius 2 is 1.73 bits per heavy atom. The number of thioether (sulfide) groups is 1. The quantitative estimate of drug-likeness (QED) is 0.329. The van der Waals surface area contributed by atoms with E-state index in [1.807, 2.05) is 49.4 Å². The van der Waals surface area contributed by atoms with Crippen LogP contribution in [0.2, 0.25) is 10.0 Å². The molecule has 0 aliphatic heterocycles. The maximum Gasteiger partial charge on any atom is 0.191 e. The van der Waals surface area contributed by atoms with Crippen LogP contribution in [0.1, 0.15) is 38.3 Å². The Morgan fingerprint density at radius 3 is 2.40 bits per heavy atom. The minimum atomic E-state index is -0.285. The van der Waals surface area contributed by atoms with Crippen LogP contribution < -0.4 is 9.47 Å². The molecule has 30 heavy (non-hydrogen) atoms. The fourth-order valence-corrected chi connectivity index (χ4v) is 4.20. The van der Waals surface area contributed by atoms with Crippen molar-refractivity contribution in [1.82, 2.24) is 14.8 Å². The standard InChI is InChI=1S/C22H25Cl2N3O2S/c1-14(2)12-27-21(15(3)29-20-8-6-5-7-19(20)28-4)25-26-22(27)30-13-16-9-10-17(23)18(24)11-16/h5-11,14-15H,12-13H2,1-4H3. The lowest BCUT2D eigenvalue weighted by Gasteiger charge is -2.19. The summed E-state index contributed by atoms with van der Waals surface area (Å²) >= 11 is 13.8. The third-order valence-electron chi connectivity index (χ3n) is 4.38. The fourth-order valence-electron chi connectivity index (χ4n) is 2.98. The van der Waals surface area contributed by atoms with Gasteiger partial charge in [-0.1, -0.05) is 67.0 Å². The highest BCUT2D eigenvalue weighted by molar-refractivity contribution is 7.98. The number of hydrogen-bond donors (Lipinski definition) is 0. The van der Waals surface area contributed by atoms with Crippen LogP contribution in [0.15, 0.2) is 47.6 Å². The van der Waals surface area contributed by atoms with Crippen molar-refractivity contribution in [1.29, 1.82) is 0 Å². The third-order valence-corrected chi connectivity index (χ3v) is 6.16. The first-order chi connectivity index (χ1) is 14.4. The number of aromatic nitrogens is 3. The molecule has 5 nitrogen and oxygen atoms in total. The minimum absolute atomic E-state index is 0.285. The Balaban J connectivity index is 1.80. The maximum atomic E-state index is 6.16. The summed E-state index contributed by atoms with van der Waals surface area (Å²) < 4.78 is 13.7. The second-order valence-corrected chi connectivity index (χ2v) is 9.05. The van der Waals surface area contributed by atoms with E-state index in [0.29, 0.717) is 27.5 Å². The van der Waals surface area contributed by atoms with Gasteiger partial charge < -0.3 is 14.0 Å². The summed E-state index contributed by atoms with van der Waals surface area (Å²) in [5.74, 6) is 3.30. The van der Waals surface area contributed by atoms with Gasteiger partial charge in [0.2, 0.25) is 0 Å². The van der Waals surface area contributed by atoms with Crippen molar-refractivity contribution in [2.45, 2.75) is 44.3 Å². The van der Waals surface area contributed by atoms with Gasteiger partial charge in [-0.05, 0) is 42.7 Å². The van der Waals surface area contributed by atoms with E-state index in [2.05, 4.69) is 28.6 Å². The normalized spacial score (nSPS) is 12.2. The van der Waals surface area contributed by atoms with Crippen LogP contribution in [-0.4, -0.2) is 21.9 Å². The lowest BCUT2D eigenvalue weighted by Crippen LogP contribution is -2.15. The number of nitrogens with zero attached hydrogens (tertiary/aromatic N) is 3. The van der Waals surface area contributed by atoms with Crippen molar-refractivity contribution in [3.8, 4) is 11.5 Å². The summed E-state index contributed by atoms with van der Waals surface area (Å²) in [4.78, 5) is 0. The lowest BCUT2D eigenvalue weighted by molar-refractivity contribution is 0.198. The first-order valence-corrected chi connectivity index (χ1v) is 11.4. The van der Waals surface area contributed by atoms with Crippen LogP contribution in [0.3, 0.4) is 0 Å². The van der Waals surface area contributed by atoms with Gasteiger partial charge in [-0.15, -0.1) is 10.2 Å². The van der Waals surface area contributed by atoms with Crippen molar-refractivity contribution in [3.63, 3.8) is 0 Å². The molecule has 0 saturated heterocycles. The Kier molecular flexibility index (Phi) is 7.92. The molecule has 0 amide bonds. The number of methoxy groups -OCH3 is 1. The van der Waals surface area contributed by atoms with Gasteiger partial charge in [-0.3, -0.25) is 0 Å². The minimum Gasteiger partial charge on any atom is -0.493 e. The molecule has 8 heteroatoms. The summed E-state index contributed by atoms with van der Waals surface area (Å²) in [6, 6.07) is 13.3. The predicted molar refractivity (Wildman–Crippen MR) is 123 cm³/mol. The largest absolute Gasteiger partial charge is 0.493 e. The molecule has 0 N–H and O–H groups in total. The molecule has 1 heterocycles. The second kappa shape index (κ2) is 10.4. The average Bonchev–Trinajstić information content (AvgIpc) is 3.11. The zero-order valence-electron chi connectivity index (χ0n) is 17.4. The highest BCUT2D eigenvalue weighted by Gasteiger charge is 2.21. The molecule has 3 aromatic rings. The molecule has 0 aliphatic carbocycles. The van der Waals surface area contributed by atoms with Gasteiger partial charge in [0.1, 0.15) is 0 Å². The van der Waals surface area contributed by atoms with Crippen LogP contribution in [-0.2, 0) is 12.3 Å². The Labute approximate surface area is 191 Å². The Bertz CT molecular complexity index is 994. The number of para-hydroxylation sites is 2. The van der Waals surface area contributed by atoms with Crippen LogP contribution >= 0.6 is 35.0 Å². The first kappa shape index (κ1) is 22.8. The average molecular weight is 466 g/mol. The number of ether oxygens (including phenoxy) is 2. The molecule has 2 aromatic carbocycles. The van der Waals surface area contributed by atoms with Crippen LogP contribution in [0, 0.1) is 5.92 Å². The monoisotopic (exact) mass is 465 g/mol. The zero-order valence-corrected chi connectivity index (χ0v) is 19.8. The third kappa shape index (κ3) is 5.62. The molecule has 0 aliphatic rings. The molecule has 1 atom stereocenters. The summed E-state index contributed by atoms with van der Waals surface area (Å²) in [5.41, 5.74) is 1.08. The van der Waals surface area contributed by atoms with E-state index in [4.69, 9.17) is 32.7 Å². The van der Waals surface area contributed by atoms with Crippen LogP contribution in [0.4, 0.5) is 0 Å². The second-order valence-electron chi connectivity index (χ2n) is 7.29. The van der Waals surface area contributed by atoms with Gasteiger partial charge in [-0.25, -0.2) is 0 Å². The van der Waals surface area contributed by atoms with E-state index in [1.54, 1.807) is 18.9 Å². The Hall–Kier alpha value is -1.89. The van der Waals surface area contributed by atoms with Gasteiger partial charge in [0.05, 0.1) is 17.2 Å². The topological polar surface area (TPSA) is 49.2 Å². The molecule has 0 saturated carbocycles. The first-order valence-electron chi connectivity index (χ1n) is 9.68. The highest BCUT2D eigenvalue weighted by atomic mass is 35.5. The summed E-state index contributed by atoms with van der Waals surface area (Å²) in [6.45, 7) is 7.11.